The fraction of sp³-hybridized carbons (Fsp3) is 0.333. The maximum atomic E-state index is 13.3. The van der Waals surface area contributed by atoms with Gasteiger partial charge in [0.25, 0.3) is 0 Å². The zero-order chi connectivity index (χ0) is 14.0. The Bertz CT molecular complexity index is 501. The number of carbonyl (C=O) groups is 2. The normalized spacial score (nSPS) is 18.4. The predicted molar refractivity (Wildman–Crippen MR) is 62.7 cm³/mol. The number of nitrogens with one attached hydrogen (secondary N) is 1. The van der Waals surface area contributed by atoms with E-state index in [1.54, 1.807) is 0 Å². The monoisotopic (exact) mass is 270 g/mol. The molecule has 1 fully saturated rings. The first kappa shape index (κ1) is 13.3. The van der Waals surface area contributed by atoms with Gasteiger partial charge in [-0.1, -0.05) is 6.07 Å². The fourth-order valence-electron chi connectivity index (χ4n) is 1.95. The molecule has 1 aliphatic heterocycles. The Kier molecular flexibility index (Phi) is 3.64. The number of carboxylic acid groups (broad SMARTS) is 1. The zero-order valence-corrected chi connectivity index (χ0v) is 9.90. The van der Waals surface area contributed by atoms with Crippen molar-refractivity contribution in [2.45, 2.75) is 6.42 Å². The minimum Gasteiger partial charge on any atom is -0.481 e. The molecule has 1 aromatic rings. The van der Waals surface area contributed by atoms with E-state index in [1.807, 2.05) is 0 Å². The molecule has 102 valence electrons. The van der Waals surface area contributed by atoms with Crippen LogP contribution in [0.5, 0.6) is 0 Å². The lowest BCUT2D eigenvalue weighted by atomic mass is 10.1. The first-order chi connectivity index (χ1) is 8.99. The molecule has 1 aliphatic rings. The van der Waals surface area contributed by atoms with E-state index in [0.717, 1.165) is 12.1 Å². The van der Waals surface area contributed by atoms with Crippen LogP contribution < -0.4 is 5.32 Å². The van der Waals surface area contributed by atoms with Gasteiger partial charge in [-0.05, 0) is 18.6 Å². The number of rotatable bonds is 2. The molecule has 0 aliphatic carbocycles. The molecule has 1 aromatic carbocycles. The molecule has 7 heteroatoms. The molecular weight excluding hydrogens is 258 g/mol. The highest BCUT2D eigenvalue weighted by molar-refractivity contribution is 5.90. The molecule has 0 radical (unpaired) electrons. The highest BCUT2D eigenvalue weighted by atomic mass is 19.1. The SMILES string of the molecule is O=C(O)C1CCN(C(=O)Nc2c(F)cccc2F)C1. The average Bonchev–Trinajstić information content (AvgIpc) is 2.83. The number of hydrogen-bond donors (Lipinski definition) is 2. The third-order valence-corrected chi connectivity index (χ3v) is 3.02. The number of carbonyl (C=O) groups excluding carboxylic acids is 1. The van der Waals surface area contributed by atoms with Gasteiger partial charge < -0.3 is 15.3 Å². The predicted octanol–water partition coefficient (Wildman–Crippen LogP) is 1.90. The van der Waals surface area contributed by atoms with Crippen molar-refractivity contribution in [1.82, 2.24) is 4.90 Å². The molecule has 19 heavy (non-hydrogen) atoms. The van der Waals surface area contributed by atoms with Crippen LogP contribution in [0.15, 0.2) is 18.2 Å². The topological polar surface area (TPSA) is 69.6 Å². The van der Waals surface area contributed by atoms with Crippen LogP contribution in [-0.2, 0) is 4.79 Å². The Morgan fingerprint density at radius 3 is 2.47 bits per heavy atom. The molecular formula is C12H12F2N2O3. The van der Waals surface area contributed by atoms with Gasteiger partial charge in [0.2, 0.25) is 0 Å². The summed E-state index contributed by atoms with van der Waals surface area (Å²) in [7, 11) is 0. The molecule has 2 N–H and O–H groups in total. The second kappa shape index (κ2) is 5.21. The van der Waals surface area contributed by atoms with Crippen LogP contribution in [0.3, 0.4) is 0 Å². The summed E-state index contributed by atoms with van der Waals surface area (Å²) >= 11 is 0. The lowest BCUT2D eigenvalue weighted by molar-refractivity contribution is -0.141. The van der Waals surface area contributed by atoms with Crippen LogP contribution in [0.1, 0.15) is 6.42 Å². The largest absolute Gasteiger partial charge is 0.481 e. The number of halogens is 2. The van der Waals surface area contributed by atoms with Crippen LogP contribution in [0, 0.1) is 17.6 Å². The second-order valence-corrected chi connectivity index (χ2v) is 4.30. The highest BCUT2D eigenvalue weighted by Crippen LogP contribution is 2.21. The summed E-state index contributed by atoms with van der Waals surface area (Å²) in [6, 6.07) is 2.55. The van der Waals surface area contributed by atoms with Crippen molar-refractivity contribution in [1.29, 1.82) is 0 Å². The Hall–Kier alpha value is -2.18. The summed E-state index contributed by atoms with van der Waals surface area (Å²) in [5, 5.41) is 10.9. The smallest absolute Gasteiger partial charge is 0.322 e. The van der Waals surface area contributed by atoms with Crippen molar-refractivity contribution < 1.29 is 23.5 Å². The van der Waals surface area contributed by atoms with Crippen LogP contribution in [0.25, 0.3) is 0 Å². The quantitative estimate of drug-likeness (QED) is 0.862. The number of benzene rings is 1. The van der Waals surface area contributed by atoms with Crippen LogP contribution >= 0.6 is 0 Å². The van der Waals surface area contributed by atoms with Gasteiger partial charge in [-0.15, -0.1) is 0 Å². The van der Waals surface area contributed by atoms with Crippen molar-refractivity contribution in [2.75, 3.05) is 18.4 Å². The lowest BCUT2D eigenvalue weighted by Gasteiger charge is -2.17. The Morgan fingerprint density at radius 1 is 1.32 bits per heavy atom. The van der Waals surface area contributed by atoms with Gasteiger partial charge in [-0.25, -0.2) is 13.6 Å². The maximum absolute atomic E-state index is 13.3. The third-order valence-electron chi connectivity index (χ3n) is 3.02. The van der Waals surface area contributed by atoms with Crippen LogP contribution in [0.4, 0.5) is 19.3 Å². The van der Waals surface area contributed by atoms with Gasteiger partial charge in [0.15, 0.2) is 0 Å². The Labute approximate surface area is 107 Å². The van der Waals surface area contributed by atoms with E-state index >= 15 is 0 Å². The van der Waals surface area contributed by atoms with E-state index in [1.165, 1.54) is 11.0 Å². The van der Waals surface area contributed by atoms with Crippen molar-refractivity contribution in [3.8, 4) is 0 Å². The zero-order valence-electron chi connectivity index (χ0n) is 9.90. The molecule has 2 rings (SSSR count). The van der Waals surface area contributed by atoms with E-state index in [0.29, 0.717) is 6.42 Å². The summed E-state index contributed by atoms with van der Waals surface area (Å²) in [6.07, 6.45) is 0.336. The first-order valence-electron chi connectivity index (χ1n) is 5.72. The number of urea groups is 1. The van der Waals surface area contributed by atoms with Crippen molar-refractivity contribution >= 4 is 17.7 Å². The number of hydrogen-bond acceptors (Lipinski definition) is 2. The van der Waals surface area contributed by atoms with E-state index in [-0.39, 0.29) is 13.1 Å². The second-order valence-electron chi connectivity index (χ2n) is 4.30. The van der Waals surface area contributed by atoms with Gasteiger partial charge >= 0.3 is 12.0 Å². The summed E-state index contributed by atoms with van der Waals surface area (Å²) in [4.78, 5) is 23.8. The van der Waals surface area contributed by atoms with Crippen LogP contribution in [-0.4, -0.2) is 35.1 Å². The lowest BCUT2D eigenvalue weighted by Crippen LogP contribution is -2.34. The number of nitrogens with zero attached hydrogens (tertiary/aromatic N) is 1. The molecule has 0 aromatic heterocycles. The van der Waals surface area contributed by atoms with Crippen molar-refractivity contribution in [2.24, 2.45) is 5.92 Å². The fourth-order valence-corrected chi connectivity index (χ4v) is 1.95. The average molecular weight is 270 g/mol. The van der Waals surface area contributed by atoms with E-state index in [2.05, 4.69) is 5.32 Å². The summed E-state index contributed by atoms with van der Waals surface area (Å²) < 4.78 is 26.7. The Morgan fingerprint density at radius 2 is 1.95 bits per heavy atom. The molecule has 1 saturated heterocycles. The standard InChI is InChI=1S/C12H12F2N2O3/c13-8-2-1-3-9(14)10(8)15-12(19)16-5-4-7(6-16)11(17)18/h1-3,7H,4-6H2,(H,15,19)(H,17,18). The number of amides is 2. The number of likely N-dealkylation sites (tertiary alicyclic amines) is 1. The maximum Gasteiger partial charge on any atom is 0.322 e. The van der Waals surface area contributed by atoms with Crippen molar-refractivity contribution in [3.05, 3.63) is 29.8 Å². The van der Waals surface area contributed by atoms with Crippen molar-refractivity contribution in [3.63, 3.8) is 0 Å². The van der Waals surface area contributed by atoms with E-state index < -0.39 is 35.2 Å². The number of anilines is 1. The van der Waals surface area contributed by atoms with Gasteiger partial charge in [-0.3, -0.25) is 4.79 Å². The summed E-state index contributed by atoms with van der Waals surface area (Å²) in [5.41, 5.74) is -0.522. The number of aliphatic carboxylic acids is 1. The molecule has 0 bridgehead atoms. The van der Waals surface area contributed by atoms with E-state index in [4.69, 9.17) is 5.11 Å². The number of para-hydroxylation sites is 1. The summed E-state index contributed by atoms with van der Waals surface area (Å²) in [5.74, 6) is -3.35. The molecule has 1 atom stereocenters. The van der Waals surface area contributed by atoms with E-state index in [9.17, 15) is 18.4 Å². The van der Waals surface area contributed by atoms with Gasteiger partial charge in [0.1, 0.15) is 17.3 Å². The van der Waals surface area contributed by atoms with Gasteiger partial charge in [-0.2, -0.15) is 0 Å². The Balaban J connectivity index is 2.04. The molecule has 2 amide bonds. The highest BCUT2D eigenvalue weighted by Gasteiger charge is 2.31. The third kappa shape index (κ3) is 2.81. The first-order valence-corrected chi connectivity index (χ1v) is 5.72. The molecule has 0 spiro atoms. The minimum absolute atomic E-state index is 0.0389. The molecule has 5 nitrogen and oxygen atoms in total. The molecule has 0 saturated carbocycles. The van der Waals surface area contributed by atoms with Gasteiger partial charge in [0.05, 0.1) is 5.92 Å². The molecule has 1 heterocycles. The van der Waals surface area contributed by atoms with Crippen LogP contribution in [0.2, 0.25) is 0 Å². The number of carboxylic acids is 1. The minimum atomic E-state index is -0.979. The van der Waals surface area contributed by atoms with Gasteiger partial charge in [0, 0.05) is 13.1 Å². The molecule has 1 unspecified atom stereocenters. The summed E-state index contributed by atoms with van der Waals surface area (Å²) in [6.45, 7) is 0.288.